The zero-order valence-corrected chi connectivity index (χ0v) is 16.3. The first kappa shape index (κ1) is 20.7. The minimum atomic E-state index is -0.195. The van der Waals surface area contributed by atoms with Crippen LogP contribution in [0, 0.1) is 12.7 Å². The first-order valence-electron chi connectivity index (χ1n) is 9.47. The van der Waals surface area contributed by atoms with E-state index in [1.54, 1.807) is 42.0 Å². The fourth-order valence-electron chi connectivity index (χ4n) is 2.72. The van der Waals surface area contributed by atoms with Gasteiger partial charge in [-0.2, -0.15) is 0 Å². The van der Waals surface area contributed by atoms with Gasteiger partial charge in [0, 0.05) is 31.9 Å². The summed E-state index contributed by atoms with van der Waals surface area (Å²) in [6.45, 7) is 7.85. The van der Waals surface area contributed by atoms with E-state index < -0.39 is 0 Å². The summed E-state index contributed by atoms with van der Waals surface area (Å²) >= 11 is 0. The Balaban J connectivity index is 1.86. The van der Waals surface area contributed by atoms with Crippen molar-refractivity contribution in [1.29, 1.82) is 0 Å². The molecular weight excluding hydrogens is 343 g/mol. The van der Waals surface area contributed by atoms with Crippen LogP contribution in [0.5, 0.6) is 0 Å². The van der Waals surface area contributed by atoms with Crippen LogP contribution in [0.1, 0.15) is 43.9 Å². The van der Waals surface area contributed by atoms with E-state index in [9.17, 15) is 9.18 Å². The number of benzene rings is 1. The van der Waals surface area contributed by atoms with E-state index in [1.807, 2.05) is 26.0 Å². The Bertz CT molecular complexity index is 816. The quantitative estimate of drug-likeness (QED) is 0.424. The summed E-state index contributed by atoms with van der Waals surface area (Å²) in [5, 5.41) is 6.53. The first-order valence-corrected chi connectivity index (χ1v) is 9.47. The largest absolute Gasteiger partial charge is 0.357 e. The van der Waals surface area contributed by atoms with E-state index in [4.69, 9.17) is 0 Å². The van der Waals surface area contributed by atoms with Crippen molar-refractivity contribution in [3.8, 4) is 0 Å². The van der Waals surface area contributed by atoms with Crippen LogP contribution >= 0.6 is 0 Å². The maximum atomic E-state index is 13.8. The lowest BCUT2D eigenvalue weighted by molar-refractivity contribution is 0.595. The van der Waals surface area contributed by atoms with Crippen molar-refractivity contribution in [3.63, 3.8) is 0 Å². The fraction of sp³-hybridized carbons (Fsp3) is 0.429. The van der Waals surface area contributed by atoms with Gasteiger partial charge in [-0.15, -0.1) is 0 Å². The van der Waals surface area contributed by atoms with E-state index >= 15 is 0 Å². The van der Waals surface area contributed by atoms with Gasteiger partial charge in [0.25, 0.3) is 0 Å². The number of guanidine groups is 1. The number of aliphatic imine (C=N–C) groups is 1. The summed E-state index contributed by atoms with van der Waals surface area (Å²) in [5.74, 6) is 0.516. The van der Waals surface area contributed by atoms with Crippen molar-refractivity contribution >= 4 is 5.96 Å². The Morgan fingerprint density at radius 2 is 2.07 bits per heavy atom. The molecule has 27 heavy (non-hydrogen) atoms. The monoisotopic (exact) mass is 372 g/mol. The zero-order chi connectivity index (χ0) is 19.6. The highest BCUT2D eigenvalue weighted by Crippen LogP contribution is 2.16. The first-order chi connectivity index (χ1) is 13.0. The third-order valence-corrected chi connectivity index (χ3v) is 4.37. The van der Waals surface area contributed by atoms with Gasteiger partial charge in [-0.05, 0) is 56.9 Å². The molecule has 5 nitrogen and oxygen atoms in total. The second-order valence-corrected chi connectivity index (χ2v) is 6.57. The number of halogens is 1. The number of hydrogen-bond donors (Lipinski definition) is 2. The van der Waals surface area contributed by atoms with Crippen molar-refractivity contribution in [1.82, 2.24) is 15.2 Å². The summed E-state index contributed by atoms with van der Waals surface area (Å²) in [4.78, 5) is 16.3. The second kappa shape index (κ2) is 10.5. The standard InChI is InChI=1S/C21H29FN4O/c1-4-23-21(25-17(3)18-11-10-16(2)19(22)15-18)24-12-6-8-14-26-13-7-5-9-20(26)27/h5,7,9-11,13,15,17H,4,6,8,12,14H2,1-3H3,(H2,23,24,25). The molecule has 0 spiro atoms. The maximum absolute atomic E-state index is 13.8. The summed E-state index contributed by atoms with van der Waals surface area (Å²) < 4.78 is 15.5. The fourth-order valence-corrected chi connectivity index (χ4v) is 2.72. The van der Waals surface area contributed by atoms with Gasteiger partial charge in [-0.1, -0.05) is 18.2 Å². The molecule has 1 atom stereocenters. The Morgan fingerprint density at radius 3 is 2.78 bits per heavy atom. The third kappa shape index (κ3) is 6.55. The van der Waals surface area contributed by atoms with Crippen LogP contribution in [0.15, 0.2) is 52.4 Å². The number of aryl methyl sites for hydroxylation is 2. The number of hydrogen-bond acceptors (Lipinski definition) is 2. The van der Waals surface area contributed by atoms with Crippen molar-refractivity contribution in [2.45, 2.75) is 46.2 Å². The zero-order valence-electron chi connectivity index (χ0n) is 16.3. The van der Waals surface area contributed by atoms with Gasteiger partial charge in [-0.3, -0.25) is 9.79 Å². The molecule has 0 saturated heterocycles. The summed E-state index contributed by atoms with van der Waals surface area (Å²) in [6, 6.07) is 10.4. The molecular formula is C21H29FN4O. The highest BCUT2D eigenvalue weighted by Gasteiger charge is 2.09. The molecule has 0 aliphatic carbocycles. The van der Waals surface area contributed by atoms with Crippen LogP contribution in [0.4, 0.5) is 4.39 Å². The average molecular weight is 372 g/mol. The lowest BCUT2D eigenvalue weighted by atomic mass is 10.1. The SMILES string of the molecule is CCNC(=NCCCCn1ccccc1=O)NC(C)c1ccc(C)c(F)c1. The molecule has 0 aliphatic rings. The van der Waals surface area contributed by atoms with Gasteiger partial charge in [0.05, 0.1) is 6.04 Å². The summed E-state index contributed by atoms with van der Waals surface area (Å²) in [5.41, 5.74) is 1.55. The summed E-state index contributed by atoms with van der Waals surface area (Å²) in [6.07, 6.45) is 3.57. The molecule has 1 aromatic carbocycles. The van der Waals surface area contributed by atoms with Crippen LogP contribution in [-0.2, 0) is 6.54 Å². The van der Waals surface area contributed by atoms with Crippen LogP contribution in [0.2, 0.25) is 0 Å². The van der Waals surface area contributed by atoms with Gasteiger partial charge in [-0.25, -0.2) is 4.39 Å². The Labute approximate surface area is 160 Å². The molecule has 146 valence electrons. The van der Waals surface area contributed by atoms with Crippen LogP contribution in [-0.4, -0.2) is 23.6 Å². The van der Waals surface area contributed by atoms with Gasteiger partial charge >= 0.3 is 0 Å². The molecule has 1 aromatic heterocycles. The topological polar surface area (TPSA) is 58.4 Å². The predicted molar refractivity (Wildman–Crippen MR) is 109 cm³/mol. The molecule has 0 saturated carbocycles. The predicted octanol–water partition coefficient (Wildman–Crippen LogP) is 3.39. The van der Waals surface area contributed by atoms with Crippen molar-refractivity contribution in [2.24, 2.45) is 4.99 Å². The molecule has 0 radical (unpaired) electrons. The number of nitrogens with one attached hydrogen (secondary N) is 2. The third-order valence-electron chi connectivity index (χ3n) is 4.37. The Morgan fingerprint density at radius 1 is 1.26 bits per heavy atom. The molecule has 6 heteroatoms. The highest BCUT2D eigenvalue weighted by atomic mass is 19.1. The minimum Gasteiger partial charge on any atom is -0.357 e. The number of pyridine rings is 1. The highest BCUT2D eigenvalue weighted by molar-refractivity contribution is 5.80. The van der Waals surface area contributed by atoms with Crippen LogP contribution in [0.25, 0.3) is 0 Å². The van der Waals surface area contributed by atoms with Gasteiger partial charge < -0.3 is 15.2 Å². The van der Waals surface area contributed by atoms with E-state index in [-0.39, 0.29) is 17.4 Å². The number of aromatic nitrogens is 1. The molecule has 0 fully saturated rings. The van der Waals surface area contributed by atoms with E-state index in [2.05, 4.69) is 15.6 Å². The average Bonchev–Trinajstić information content (AvgIpc) is 2.65. The number of nitrogens with zero attached hydrogens (tertiary/aromatic N) is 2. The van der Waals surface area contributed by atoms with Crippen molar-refractivity contribution in [2.75, 3.05) is 13.1 Å². The van der Waals surface area contributed by atoms with E-state index in [0.29, 0.717) is 24.6 Å². The molecule has 2 N–H and O–H groups in total. The minimum absolute atomic E-state index is 0.0233. The maximum Gasteiger partial charge on any atom is 0.250 e. The van der Waals surface area contributed by atoms with E-state index in [0.717, 1.165) is 24.9 Å². The van der Waals surface area contributed by atoms with Crippen molar-refractivity contribution < 1.29 is 4.39 Å². The smallest absolute Gasteiger partial charge is 0.250 e. The normalized spacial score (nSPS) is 12.7. The van der Waals surface area contributed by atoms with Crippen molar-refractivity contribution in [3.05, 3.63) is 69.9 Å². The number of rotatable bonds is 8. The van der Waals surface area contributed by atoms with Crippen LogP contribution < -0.4 is 16.2 Å². The summed E-state index contributed by atoms with van der Waals surface area (Å²) in [7, 11) is 0. The van der Waals surface area contributed by atoms with Gasteiger partial charge in [0.2, 0.25) is 5.56 Å². The molecule has 0 bridgehead atoms. The molecule has 1 unspecified atom stereocenters. The van der Waals surface area contributed by atoms with Gasteiger partial charge in [0.15, 0.2) is 5.96 Å². The molecule has 2 aromatic rings. The molecule has 1 heterocycles. The van der Waals surface area contributed by atoms with E-state index in [1.165, 1.54) is 0 Å². The Hall–Kier alpha value is -2.63. The van der Waals surface area contributed by atoms with Crippen LogP contribution in [0.3, 0.4) is 0 Å². The molecule has 2 rings (SSSR count). The molecule has 0 amide bonds. The second-order valence-electron chi connectivity index (χ2n) is 6.57. The Kier molecular flexibility index (Phi) is 8.04. The van der Waals surface area contributed by atoms with Gasteiger partial charge in [0.1, 0.15) is 5.82 Å². The molecule has 0 aliphatic heterocycles. The number of unbranched alkanes of at least 4 members (excludes halogenated alkanes) is 1. The lowest BCUT2D eigenvalue weighted by Gasteiger charge is -2.18. The lowest BCUT2D eigenvalue weighted by Crippen LogP contribution is -2.38.